The lowest BCUT2D eigenvalue weighted by molar-refractivity contribution is -0.143. The third-order valence-electron chi connectivity index (χ3n) is 5.53. The second kappa shape index (κ2) is 18.4. The van der Waals surface area contributed by atoms with Gasteiger partial charge in [0, 0.05) is 18.1 Å². The summed E-state index contributed by atoms with van der Waals surface area (Å²) < 4.78 is 9.71. The first-order valence-electron chi connectivity index (χ1n) is 13.4. The highest BCUT2D eigenvalue weighted by Gasteiger charge is 2.11. The van der Waals surface area contributed by atoms with Crippen LogP contribution in [0.3, 0.4) is 0 Å². The molecule has 10 N–H and O–H groups in total. The first-order chi connectivity index (χ1) is 20.5. The van der Waals surface area contributed by atoms with E-state index in [1.165, 1.54) is 0 Å². The Morgan fingerprint density at radius 1 is 0.744 bits per heavy atom. The van der Waals surface area contributed by atoms with Crippen molar-refractivity contribution in [1.82, 2.24) is 0 Å². The van der Waals surface area contributed by atoms with E-state index in [0.29, 0.717) is 87.7 Å². The van der Waals surface area contributed by atoms with Gasteiger partial charge >= 0.3 is 11.9 Å². The number of para-hydroxylation sites is 2. The SMILES string of the molecule is CCOC(=O)CCNc1c(N)cccc1N.CCOC(=O)CCNc1c(N)cccc1NC(=S)Nc1ccc(Cl)cc1Cl. The predicted octanol–water partition coefficient (Wildman–Crippen LogP) is 5.97. The maximum absolute atomic E-state index is 11.5. The largest absolute Gasteiger partial charge is 0.466 e. The molecule has 0 spiro atoms. The van der Waals surface area contributed by atoms with Crippen LogP contribution in [0.4, 0.5) is 39.8 Å². The summed E-state index contributed by atoms with van der Waals surface area (Å²) in [6, 6.07) is 15.7. The van der Waals surface area contributed by atoms with Crippen LogP contribution < -0.4 is 38.5 Å². The number of esters is 2. The summed E-state index contributed by atoms with van der Waals surface area (Å²) >= 11 is 17.4. The van der Waals surface area contributed by atoms with Crippen LogP contribution >= 0.6 is 35.4 Å². The zero-order valence-electron chi connectivity index (χ0n) is 24.0. The van der Waals surface area contributed by atoms with Crippen LogP contribution in [0.15, 0.2) is 54.6 Å². The number of anilines is 7. The van der Waals surface area contributed by atoms with Crippen LogP contribution in [-0.4, -0.2) is 43.4 Å². The van der Waals surface area contributed by atoms with Gasteiger partial charge in [-0.25, -0.2) is 0 Å². The van der Waals surface area contributed by atoms with Crippen LogP contribution in [0.5, 0.6) is 0 Å². The van der Waals surface area contributed by atoms with Crippen LogP contribution in [-0.2, 0) is 19.1 Å². The van der Waals surface area contributed by atoms with Crippen LogP contribution in [0, 0.1) is 0 Å². The Morgan fingerprint density at radius 3 is 1.77 bits per heavy atom. The molecule has 0 amide bonds. The number of thiocarbonyl (C=S) groups is 1. The summed E-state index contributed by atoms with van der Waals surface area (Å²) in [6.07, 6.45) is 0.520. The fourth-order valence-electron chi connectivity index (χ4n) is 3.58. The molecule has 0 saturated heterocycles. The third kappa shape index (κ3) is 12.3. The number of benzene rings is 3. The van der Waals surface area contributed by atoms with Gasteiger partial charge in [0.05, 0.1) is 70.9 Å². The number of rotatable bonds is 12. The summed E-state index contributed by atoms with van der Waals surface area (Å²) in [5.74, 6) is -0.508. The van der Waals surface area contributed by atoms with Crippen molar-refractivity contribution >= 4 is 92.3 Å². The molecule has 0 fully saturated rings. The summed E-state index contributed by atoms with van der Waals surface area (Å²) in [7, 11) is 0. The smallest absolute Gasteiger partial charge is 0.307 e. The number of nitrogens with one attached hydrogen (secondary N) is 4. The minimum Gasteiger partial charge on any atom is -0.466 e. The molecule has 14 heteroatoms. The topological polar surface area (TPSA) is 179 Å². The van der Waals surface area contributed by atoms with Gasteiger partial charge in [0.25, 0.3) is 0 Å². The van der Waals surface area contributed by atoms with Crippen molar-refractivity contribution < 1.29 is 19.1 Å². The Morgan fingerprint density at radius 2 is 1.23 bits per heavy atom. The number of carbonyl (C=O) groups excluding carboxylic acids is 2. The second-order valence-electron chi connectivity index (χ2n) is 8.75. The van der Waals surface area contributed by atoms with E-state index in [2.05, 4.69) is 21.3 Å². The molecule has 3 aromatic carbocycles. The van der Waals surface area contributed by atoms with Gasteiger partial charge in [-0.1, -0.05) is 35.3 Å². The Bertz CT molecular complexity index is 1370. The van der Waals surface area contributed by atoms with Gasteiger partial charge in [-0.15, -0.1) is 0 Å². The highest BCUT2D eigenvalue weighted by atomic mass is 35.5. The van der Waals surface area contributed by atoms with Crippen molar-refractivity contribution in [2.75, 3.05) is 64.8 Å². The number of hydrogen-bond donors (Lipinski definition) is 7. The molecule has 0 aromatic heterocycles. The number of halogens is 2. The van der Waals surface area contributed by atoms with Crippen molar-refractivity contribution in [3.05, 3.63) is 64.6 Å². The number of hydrogen-bond acceptors (Lipinski definition) is 10. The second-order valence-corrected chi connectivity index (χ2v) is 10.0. The molecule has 0 unspecified atom stereocenters. The van der Waals surface area contributed by atoms with Crippen LogP contribution in [0.2, 0.25) is 10.0 Å². The first-order valence-corrected chi connectivity index (χ1v) is 14.6. The number of ether oxygens (including phenoxy) is 2. The van der Waals surface area contributed by atoms with E-state index in [-0.39, 0.29) is 18.4 Å². The molecule has 0 radical (unpaired) electrons. The molecule has 0 saturated carbocycles. The van der Waals surface area contributed by atoms with E-state index in [0.717, 1.165) is 0 Å². The van der Waals surface area contributed by atoms with Crippen molar-refractivity contribution in [2.45, 2.75) is 26.7 Å². The van der Waals surface area contributed by atoms with E-state index in [9.17, 15) is 9.59 Å². The monoisotopic (exact) mass is 649 g/mol. The average Bonchev–Trinajstić information content (AvgIpc) is 2.94. The van der Waals surface area contributed by atoms with Gasteiger partial charge < -0.3 is 47.9 Å². The van der Waals surface area contributed by atoms with E-state index in [1.54, 1.807) is 62.4 Å². The van der Waals surface area contributed by atoms with Gasteiger partial charge in [0.15, 0.2) is 5.11 Å². The van der Waals surface area contributed by atoms with Gasteiger partial charge in [-0.05, 0) is 68.5 Å². The molecule has 0 bridgehead atoms. The van der Waals surface area contributed by atoms with Gasteiger partial charge in [0.2, 0.25) is 0 Å². The zero-order chi connectivity index (χ0) is 31.8. The fraction of sp³-hybridized carbons (Fsp3) is 0.276. The maximum atomic E-state index is 11.5. The minimum absolute atomic E-state index is 0.227. The Hall–Kier alpha value is -4.13. The van der Waals surface area contributed by atoms with E-state index < -0.39 is 0 Å². The average molecular weight is 651 g/mol. The van der Waals surface area contributed by atoms with Gasteiger partial charge in [-0.2, -0.15) is 0 Å². The molecular formula is C29H37Cl2N7O4S. The highest BCUT2D eigenvalue weighted by Crippen LogP contribution is 2.30. The predicted molar refractivity (Wildman–Crippen MR) is 182 cm³/mol. The molecule has 0 atom stereocenters. The molecule has 232 valence electrons. The summed E-state index contributed by atoms with van der Waals surface area (Å²) in [6.45, 7) is 5.13. The van der Waals surface area contributed by atoms with E-state index >= 15 is 0 Å². The standard InChI is InChI=1S/C18H20Cl2N4O2S.C11H17N3O2/c1-2-26-16(25)8-9-22-17-13(21)4-3-5-15(17)24-18(27)23-14-7-6-11(19)10-12(14)20;1-2-16-10(15)6-7-14-11-8(12)4-3-5-9(11)13/h3-7,10,22H,2,8-9,21H2,1H3,(H2,23,24,27);3-5,14H,2,6-7,12-13H2,1H3. The van der Waals surface area contributed by atoms with Crippen molar-refractivity contribution in [1.29, 1.82) is 0 Å². The highest BCUT2D eigenvalue weighted by molar-refractivity contribution is 7.80. The summed E-state index contributed by atoms with van der Waals surface area (Å²) in [4.78, 5) is 22.6. The molecule has 0 aliphatic rings. The van der Waals surface area contributed by atoms with Crippen LogP contribution in [0.25, 0.3) is 0 Å². The molecule has 43 heavy (non-hydrogen) atoms. The summed E-state index contributed by atoms with van der Waals surface area (Å²) in [5.41, 5.74) is 21.8. The molecule has 3 aromatic rings. The molecule has 0 aliphatic heterocycles. The minimum atomic E-state index is -0.274. The van der Waals surface area contributed by atoms with Crippen molar-refractivity contribution in [3.8, 4) is 0 Å². The van der Waals surface area contributed by atoms with Crippen LogP contribution in [0.1, 0.15) is 26.7 Å². The van der Waals surface area contributed by atoms with E-state index in [4.69, 9.17) is 62.1 Å². The van der Waals surface area contributed by atoms with Crippen molar-refractivity contribution in [2.24, 2.45) is 0 Å². The Balaban J connectivity index is 0.000000344. The molecule has 0 heterocycles. The number of carbonyl (C=O) groups is 2. The Kier molecular flexibility index (Phi) is 15.0. The maximum Gasteiger partial charge on any atom is 0.307 e. The zero-order valence-corrected chi connectivity index (χ0v) is 26.3. The quantitative estimate of drug-likeness (QED) is 0.0695. The molecule has 0 aliphatic carbocycles. The third-order valence-corrected chi connectivity index (χ3v) is 6.28. The van der Waals surface area contributed by atoms with E-state index in [1.807, 2.05) is 6.07 Å². The lowest BCUT2D eigenvalue weighted by Gasteiger charge is -2.17. The van der Waals surface area contributed by atoms with Gasteiger partial charge in [-0.3, -0.25) is 9.59 Å². The number of nitrogens with two attached hydrogens (primary N) is 3. The molecule has 3 rings (SSSR count). The summed E-state index contributed by atoms with van der Waals surface area (Å²) in [5, 5.41) is 13.6. The number of nitrogen functional groups attached to an aromatic ring is 3. The lowest BCUT2D eigenvalue weighted by atomic mass is 10.2. The normalized spacial score (nSPS) is 10.0. The lowest BCUT2D eigenvalue weighted by Crippen LogP contribution is -2.21. The fourth-order valence-corrected chi connectivity index (χ4v) is 4.25. The molecular weight excluding hydrogens is 613 g/mol. The van der Waals surface area contributed by atoms with Crippen molar-refractivity contribution in [3.63, 3.8) is 0 Å². The van der Waals surface area contributed by atoms with Gasteiger partial charge in [0.1, 0.15) is 0 Å². The first kappa shape index (κ1) is 35.1. The molecule has 11 nitrogen and oxygen atoms in total. The Labute approximate surface area is 266 Å².